The highest BCUT2D eigenvalue weighted by atomic mass is 19.1. The monoisotopic (exact) mass is 494 g/mol. The molecule has 1 atom stereocenters. The molecule has 0 spiro atoms. The Morgan fingerprint density at radius 1 is 1.08 bits per heavy atom. The van der Waals surface area contributed by atoms with Crippen LogP contribution in [0.15, 0.2) is 42.9 Å². The third-order valence-electron chi connectivity index (χ3n) is 6.38. The highest BCUT2D eigenvalue weighted by Gasteiger charge is 2.26. The molecule has 0 N–H and O–H groups in total. The first-order chi connectivity index (χ1) is 17.4. The lowest BCUT2D eigenvalue weighted by Crippen LogP contribution is -2.39. The van der Waals surface area contributed by atoms with Crippen LogP contribution in [0.4, 0.5) is 14.6 Å². The fourth-order valence-corrected chi connectivity index (χ4v) is 4.46. The van der Waals surface area contributed by atoms with Crippen LogP contribution in [-0.2, 0) is 11.8 Å². The molecule has 1 aliphatic rings. The number of hydrogen-bond donors (Lipinski definition) is 0. The lowest BCUT2D eigenvalue weighted by Gasteiger charge is -2.33. The van der Waals surface area contributed by atoms with Crippen LogP contribution in [0.3, 0.4) is 0 Å². The molecule has 5 rings (SSSR count). The number of piperidine rings is 1. The highest BCUT2D eigenvalue weighted by molar-refractivity contribution is 5.83. The van der Waals surface area contributed by atoms with Crippen LogP contribution in [0.5, 0.6) is 5.75 Å². The van der Waals surface area contributed by atoms with Crippen molar-refractivity contribution in [3.63, 3.8) is 0 Å². The Bertz CT molecular complexity index is 1370. The minimum Gasteiger partial charge on any atom is -0.487 e. The molecule has 0 aliphatic carbocycles. The Kier molecular flexibility index (Phi) is 6.77. The SMILES string of the molecule is COCC(C)c1cc2nc(-c3cnn(C)c3)c(N3CCC(Oc4ccc(F)cc4F)CC3)nc2cn1. The van der Waals surface area contributed by atoms with E-state index in [-0.39, 0.29) is 17.8 Å². The van der Waals surface area contributed by atoms with Gasteiger partial charge in [-0.25, -0.2) is 18.7 Å². The Balaban J connectivity index is 1.42. The van der Waals surface area contributed by atoms with E-state index in [0.717, 1.165) is 34.4 Å². The third-order valence-corrected chi connectivity index (χ3v) is 6.38. The van der Waals surface area contributed by atoms with Crippen molar-refractivity contribution in [2.45, 2.75) is 31.8 Å². The van der Waals surface area contributed by atoms with Crippen molar-refractivity contribution in [1.29, 1.82) is 0 Å². The van der Waals surface area contributed by atoms with Crippen LogP contribution in [0.25, 0.3) is 22.3 Å². The maximum absolute atomic E-state index is 14.0. The van der Waals surface area contributed by atoms with Crippen molar-refractivity contribution in [3.8, 4) is 17.0 Å². The van der Waals surface area contributed by atoms with Crippen LogP contribution in [0, 0.1) is 11.6 Å². The molecule has 0 bridgehead atoms. The molecule has 1 aliphatic heterocycles. The fourth-order valence-electron chi connectivity index (χ4n) is 4.46. The first-order valence-corrected chi connectivity index (χ1v) is 11.9. The molecule has 1 saturated heterocycles. The van der Waals surface area contributed by atoms with Crippen LogP contribution >= 0.6 is 0 Å². The average molecular weight is 495 g/mol. The quantitative estimate of drug-likeness (QED) is 0.374. The van der Waals surface area contributed by atoms with E-state index in [0.29, 0.717) is 38.1 Å². The van der Waals surface area contributed by atoms with Gasteiger partial charge in [0.15, 0.2) is 17.4 Å². The molecule has 0 radical (unpaired) electrons. The van der Waals surface area contributed by atoms with E-state index in [4.69, 9.17) is 19.4 Å². The zero-order valence-corrected chi connectivity index (χ0v) is 20.5. The van der Waals surface area contributed by atoms with Gasteiger partial charge in [-0.15, -0.1) is 0 Å². The number of aryl methyl sites for hydroxylation is 1. The predicted molar refractivity (Wildman–Crippen MR) is 132 cm³/mol. The summed E-state index contributed by atoms with van der Waals surface area (Å²) in [5.74, 6) is -0.360. The van der Waals surface area contributed by atoms with Gasteiger partial charge in [-0.1, -0.05) is 6.92 Å². The van der Waals surface area contributed by atoms with Gasteiger partial charge in [-0.3, -0.25) is 9.67 Å². The van der Waals surface area contributed by atoms with E-state index in [2.05, 4.69) is 21.9 Å². The first kappa shape index (κ1) is 24.1. The lowest BCUT2D eigenvalue weighted by atomic mass is 10.1. The number of methoxy groups -OCH3 is 1. The number of fused-ring (bicyclic) bond motifs is 1. The van der Waals surface area contributed by atoms with Crippen LogP contribution in [-0.4, -0.2) is 57.6 Å². The van der Waals surface area contributed by atoms with Gasteiger partial charge in [-0.2, -0.15) is 5.10 Å². The lowest BCUT2D eigenvalue weighted by molar-refractivity contribution is 0.163. The smallest absolute Gasteiger partial charge is 0.167 e. The summed E-state index contributed by atoms with van der Waals surface area (Å²) in [7, 11) is 3.54. The van der Waals surface area contributed by atoms with Gasteiger partial charge in [-0.05, 0) is 18.2 Å². The van der Waals surface area contributed by atoms with E-state index in [1.54, 1.807) is 24.2 Å². The fraction of sp³-hybridized carbons (Fsp3) is 0.385. The Morgan fingerprint density at radius 2 is 1.89 bits per heavy atom. The number of anilines is 1. The molecule has 3 aromatic heterocycles. The minimum absolute atomic E-state index is 0.0703. The van der Waals surface area contributed by atoms with Gasteiger partial charge in [0.25, 0.3) is 0 Å². The second kappa shape index (κ2) is 10.1. The first-order valence-electron chi connectivity index (χ1n) is 11.9. The maximum Gasteiger partial charge on any atom is 0.167 e. The molecule has 0 amide bonds. The van der Waals surface area contributed by atoms with Crippen LogP contribution < -0.4 is 9.64 Å². The Morgan fingerprint density at radius 3 is 2.58 bits per heavy atom. The summed E-state index contributed by atoms with van der Waals surface area (Å²) in [6, 6.07) is 5.34. The maximum atomic E-state index is 14.0. The molecule has 8 nitrogen and oxygen atoms in total. The molecule has 10 heteroatoms. The Hall–Kier alpha value is -3.66. The van der Waals surface area contributed by atoms with Crippen molar-refractivity contribution in [2.75, 3.05) is 31.7 Å². The number of rotatable bonds is 7. The van der Waals surface area contributed by atoms with E-state index in [1.807, 2.05) is 19.3 Å². The van der Waals surface area contributed by atoms with Crippen molar-refractivity contribution in [3.05, 3.63) is 60.2 Å². The van der Waals surface area contributed by atoms with E-state index in [1.165, 1.54) is 12.1 Å². The Labute approximate surface area is 207 Å². The molecule has 1 aromatic carbocycles. The molecular formula is C26H28F2N6O2. The molecule has 1 fully saturated rings. The number of benzene rings is 1. The van der Waals surface area contributed by atoms with Gasteiger partial charge >= 0.3 is 0 Å². The van der Waals surface area contributed by atoms with Crippen LogP contribution in [0.2, 0.25) is 0 Å². The molecule has 1 unspecified atom stereocenters. The largest absolute Gasteiger partial charge is 0.487 e. The van der Waals surface area contributed by atoms with Gasteiger partial charge in [0.2, 0.25) is 0 Å². The van der Waals surface area contributed by atoms with Crippen molar-refractivity contribution in [1.82, 2.24) is 24.7 Å². The number of nitrogens with zero attached hydrogens (tertiary/aromatic N) is 6. The summed E-state index contributed by atoms with van der Waals surface area (Å²) < 4.78 is 40.1. The van der Waals surface area contributed by atoms with Gasteiger partial charge in [0.1, 0.15) is 23.1 Å². The summed E-state index contributed by atoms with van der Waals surface area (Å²) >= 11 is 0. The summed E-state index contributed by atoms with van der Waals surface area (Å²) in [5.41, 5.74) is 3.98. The van der Waals surface area contributed by atoms with Gasteiger partial charge < -0.3 is 14.4 Å². The van der Waals surface area contributed by atoms with Gasteiger partial charge in [0, 0.05) is 69.5 Å². The number of ether oxygens (including phenoxy) is 2. The molecule has 188 valence electrons. The molecule has 4 aromatic rings. The average Bonchev–Trinajstić information content (AvgIpc) is 3.31. The topological polar surface area (TPSA) is 78.2 Å². The van der Waals surface area contributed by atoms with E-state index >= 15 is 0 Å². The van der Waals surface area contributed by atoms with Crippen molar-refractivity contribution in [2.24, 2.45) is 7.05 Å². The standard InChI is InChI=1S/C26H28F2N6O2/c1-16(15-35-3)21-11-22-23(13-29-21)32-26(25(31-22)17-12-30-33(2)14-17)34-8-6-19(7-9-34)36-24-5-4-18(27)10-20(24)28/h4-5,10-14,16,19H,6-9,15H2,1-3H3. The second-order valence-electron chi connectivity index (χ2n) is 9.13. The normalized spacial score (nSPS) is 15.4. The highest BCUT2D eigenvalue weighted by Crippen LogP contribution is 2.32. The zero-order valence-electron chi connectivity index (χ0n) is 20.5. The van der Waals surface area contributed by atoms with Crippen LogP contribution in [0.1, 0.15) is 31.4 Å². The molecular weight excluding hydrogens is 466 g/mol. The molecule has 0 saturated carbocycles. The number of pyridine rings is 1. The third kappa shape index (κ3) is 4.99. The summed E-state index contributed by atoms with van der Waals surface area (Å²) in [6.07, 6.45) is 6.60. The predicted octanol–water partition coefficient (Wildman–Crippen LogP) is 4.50. The summed E-state index contributed by atoms with van der Waals surface area (Å²) in [6.45, 7) is 3.93. The van der Waals surface area contributed by atoms with Gasteiger partial charge in [0.05, 0.1) is 24.5 Å². The summed E-state index contributed by atoms with van der Waals surface area (Å²) in [4.78, 5) is 16.7. The molecule has 36 heavy (non-hydrogen) atoms. The van der Waals surface area contributed by atoms with Crippen molar-refractivity contribution >= 4 is 16.9 Å². The van der Waals surface area contributed by atoms with Crippen molar-refractivity contribution < 1.29 is 18.3 Å². The number of halogens is 2. The zero-order chi connectivity index (χ0) is 25.2. The second-order valence-corrected chi connectivity index (χ2v) is 9.13. The summed E-state index contributed by atoms with van der Waals surface area (Å²) in [5, 5.41) is 4.32. The minimum atomic E-state index is -0.691. The molecule has 4 heterocycles. The van der Waals surface area contributed by atoms with E-state index in [9.17, 15) is 8.78 Å². The van der Waals surface area contributed by atoms with E-state index < -0.39 is 11.6 Å². The number of aromatic nitrogens is 5. The number of hydrogen-bond acceptors (Lipinski definition) is 7.